The highest BCUT2D eigenvalue weighted by molar-refractivity contribution is 6.27. The summed E-state index contributed by atoms with van der Waals surface area (Å²) in [4.78, 5) is 4.54. The van der Waals surface area contributed by atoms with Gasteiger partial charge in [0.25, 0.3) is 0 Å². The van der Waals surface area contributed by atoms with Crippen LogP contribution in [0.15, 0.2) is 83.4 Å². The number of aromatic nitrogens is 2. The topological polar surface area (TPSA) is 51.2 Å². The predicted octanol–water partition coefficient (Wildman–Crippen LogP) is 5.78. The number of hydrogen-bond acceptors (Lipinski definition) is 3. The summed E-state index contributed by atoms with van der Waals surface area (Å²) in [5.41, 5.74) is 3.68. The van der Waals surface area contributed by atoms with Gasteiger partial charge in [0.2, 0.25) is 0 Å². The zero-order valence-electron chi connectivity index (χ0n) is 14.3. The summed E-state index contributed by atoms with van der Waals surface area (Å²) in [6.45, 7) is 0. The molecule has 0 unspecified atom stereocenters. The standard InChI is InChI=1S/C23H14N2O2/c26-14-8-9-15-18(13-14)25(21-7-3-4-12-24-21)17-10-11-20-23(22(15)17)16-5-1-2-6-19(16)27-20/h1-13,26H. The molecule has 0 spiro atoms. The van der Waals surface area contributed by atoms with Crippen molar-refractivity contribution in [3.05, 3.63) is 79.0 Å². The summed E-state index contributed by atoms with van der Waals surface area (Å²) >= 11 is 0. The maximum Gasteiger partial charge on any atom is 0.137 e. The molecule has 0 amide bonds. The average molecular weight is 350 g/mol. The van der Waals surface area contributed by atoms with Crippen molar-refractivity contribution in [3.8, 4) is 11.6 Å². The van der Waals surface area contributed by atoms with Gasteiger partial charge in [-0.25, -0.2) is 4.98 Å². The van der Waals surface area contributed by atoms with Crippen LogP contribution in [0.1, 0.15) is 0 Å². The number of nitrogens with zero attached hydrogens (tertiary/aromatic N) is 2. The third-order valence-corrected chi connectivity index (χ3v) is 5.13. The Morgan fingerprint density at radius 2 is 1.63 bits per heavy atom. The lowest BCUT2D eigenvalue weighted by Crippen LogP contribution is -1.95. The fraction of sp³-hybridized carbons (Fsp3) is 0. The van der Waals surface area contributed by atoms with E-state index in [9.17, 15) is 5.11 Å². The average Bonchev–Trinajstić information content (AvgIpc) is 3.23. The van der Waals surface area contributed by atoms with E-state index in [4.69, 9.17) is 4.42 Å². The van der Waals surface area contributed by atoms with Crippen molar-refractivity contribution < 1.29 is 9.52 Å². The van der Waals surface area contributed by atoms with Gasteiger partial charge in [-0.3, -0.25) is 4.57 Å². The molecule has 3 heterocycles. The van der Waals surface area contributed by atoms with Crippen LogP contribution in [-0.2, 0) is 0 Å². The van der Waals surface area contributed by atoms with Gasteiger partial charge >= 0.3 is 0 Å². The second-order valence-electron chi connectivity index (χ2n) is 6.66. The normalized spacial score (nSPS) is 11.9. The van der Waals surface area contributed by atoms with E-state index >= 15 is 0 Å². The SMILES string of the molecule is Oc1ccc2c3c4c(ccc3n(-c3ccccn3)c2c1)oc1ccccc14. The summed E-state index contributed by atoms with van der Waals surface area (Å²) in [5.74, 6) is 1.05. The van der Waals surface area contributed by atoms with Gasteiger partial charge < -0.3 is 9.52 Å². The number of phenols is 1. The molecule has 0 radical (unpaired) electrons. The molecule has 27 heavy (non-hydrogen) atoms. The van der Waals surface area contributed by atoms with Gasteiger partial charge in [-0.1, -0.05) is 24.3 Å². The largest absolute Gasteiger partial charge is 0.508 e. The predicted molar refractivity (Wildman–Crippen MR) is 108 cm³/mol. The molecule has 3 aromatic heterocycles. The van der Waals surface area contributed by atoms with Gasteiger partial charge in [0.15, 0.2) is 0 Å². The molecule has 0 bridgehead atoms. The van der Waals surface area contributed by atoms with Crippen LogP contribution in [0.2, 0.25) is 0 Å². The summed E-state index contributed by atoms with van der Waals surface area (Å²) in [5, 5.41) is 14.5. The van der Waals surface area contributed by atoms with Crippen LogP contribution in [-0.4, -0.2) is 14.7 Å². The molecule has 6 rings (SSSR count). The molecule has 0 aliphatic heterocycles. The van der Waals surface area contributed by atoms with Crippen molar-refractivity contribution in [2.24, 2.45) is 0 Å². The third kappa shape index (κ3) is 1.89. The van der Waals surface area contributed by atoms with Gasteiger partial charge in [-0.2, -0.15) is 0 Å². The van der Waals surface area contributed by atoms with E-state index in [1.165, 1.54) is 0 Å². The highest BCUT2D eigenvalue weighted by Crippen LogP contribution is 2.41. The van der Waals surface area contributed by atoms with Gasteiger partial charge in [0.1, 0.15) is 22.7 Å². The van der Waals surface area contributed by atoms with Crippen LogP contribution >= 0.6 is 0 Å². The number of para-hydroxylation sites is 1. The third-order valence-electron chi connectivity index (χ3n) is 5.13. The molecular formula is C23H14N2O2. The van der Waals surface area contributed by atoms with Crippen LogP contribution < -0.4 is 0 Å². The molecule has 0 fully saturated rings. The lowest BCUT2D eigenvalue weighted by molar-refractivity contribution is 0.476. The van der Waals surface area contributed by atoms with E-state index in [1.54, 1.807) is 18.3 Å². The Balaban J connectivity index is 1.92. The Labute approximate surface area is 153 Å². The van der Waals surface area contributed by atoms with E-state index in [1.807, 2.05) is 48.5 Å². The Kier molecular flexibility index (Phi) is 2.72. The van der Waals surface area contributed by atoms with E-state index < -0.39 is 0 Å². The maximum absolute atomic E-state index is 10.1. The number of rotatable bonds is 1. The lowest BCUT2D eigenvalue weighted by Gasteiger charge is -2.06. The van der Waals surface area contributed by atoms with Crippen molar-refractivity contribution in [1.29, 1.82) is 0 Å². The Hall–Kier alpha value is -3.79. The molecule has 0 saturated carbocycles. The molecule has 0 aliphatic rings. The van der Waals surface area contributed by atoms with Crippen LogP contribution in [0.25, 0.3) is 49.6 Å². The highest BCUT2D eigenvalue weighted by Gasteiger charge is 2.19. The first-order valence-electron chi connectivity index (χ1n) is 8.80. The van der Waals surface area contributed by atoms with E-state index in [0.29, 0.717) is 0 Å². The quantitative estimate of drug-likeness (QED) is 0.409. The van der Waals surface area contributed by atoms with E-state index in [-0.39, 0.29) is 5.75 Å². The summed E-state index contributed by atoms with van der Waals surface area (Å²) in [6.07, 6.45) is 1.78. The molecule has 4 nitrogen and oxygen atoms in total. The number of hydrogen-bond donors (Lipinski definition) is 1. The minimum atomic E-state index is 0.232. The first kappa shape index (κ1) is 14.4. The zero-order valence-corrected chi connectivity index (χ0v) is 14.3. The molecule has 128 valence electrons. The highest BCUT2D eigenvalue weighted by atomic mass is 16.3. The van der Waals surface area contributed by atoms with Crippen LogP contribution in [0, 0.1) is 0 Å². The second kappa shape index (κ2) is 5.11. The Morgan fingerprint density at radius 3 is 2.52 bits per heavy atom. The summed E-state index contributed by atoms with van der Waals surface area (Å²) < 4.78 is 8.16. The van der Waals surface area contributed by atoms with Crippen molar-refractivity contribution in [2.45, 2.75) is 0 Å². The zero-order chi connectivity index (χ0) is 18.0. The number of pyridine rings is 1. The first-order chi connectivity index (χ1) is 13.3. The second-order valence-corrected chi connectivity index (χ2v) is 6.66. The lowest BCUT2D eigenvalue weighted by atomic mass is 10.1. The van der Waals surface area contributed by atoms with Gasteiger partial charge in [0, 0.05) is 33.8 Å². The molecule has 4 heteroatoms. The van der Waals surface area contributed by atoms with Gasteiger partial charge in [-0.15, -0.1) is 0 Å². The molecule has 0 saturated heterocycles. The molecule has 0 aliphatic carbocycles. The first-order valence-corrected chi connectivity index (χ1v) is 8.80. The minimum Gasteiger partial charge on any atom is -0.508 e. The van der Waals surface area contributed by atoms with Crippen molar-refractivity contribution in [3.63, 3.8) is 0 Å². The summed E-state index contributed by atoms with van der Waals surface area (Å²) in [6, 6.07) is 23.5. The van der Waals surface area contributed by atoms with Crippen LogP contribution in [0.4, 0.5) is 0 Å². The van der Waals surface area contributed by atoms with Crippen molar-refractivity contribution in [1.82, 2.24) is 9.55 Å². The van der Waals surface area contributed by atoms with E-state index in [0.717, 1.165) is 49.6 Å². The van der Waals surface area contributed by atoms with Gasteiger partial charge in [-0.05, 0) is 42.5 Å². The molecule has 0 atom stereocenters. The van der Waals surface area contributed by atoms with Crippen LogP contribution in [0.5, 0.6) is 5.75 Å². The molecule has 6 aromatic rings. The fourth-order valence-electron chi connectivity index (χ4n) is 4.04. The Bertz CT molecular complexity index is 1480. The van der Waals surface area contributed by atoms with Gasteiger partial charge in [0.05, 0.1) is 11.0 Å². The molecule has 3 aromatic carbocycles. The molecular weight excluding hydrogens is 336 g/mol. The summed E-state index contributed by atoms with van der Waals surface area (Å²) in [7, 11) is 0. The molecule has 1 N–H and O–H groups in total. The smallest absolute Gasteiger partial charge is 0.137 e. The number of benzene rings is 3. The minimum absolute atomic E-state index is 0.232. The van der Waals surface area contributed by atoms with Crippen molar-refractivity contribution in [2.75, 3.05) is 0 Å². The van der Waals surface area contributed by atoms with E-state index in [2.05, 4.69) is 21.7 Å². The fourth-order valence-corrected chi connectivity index (χ4v) is 4.04. The Morgan fingerprint density at radius 1 is 0.741 bits per heavy atom. The number of furan rings is 1. The van der Waals surface area contributed by atoms with Crippen LogP contribution in [0.3, 0.4) is 0 Å². The maximum atomic E-state index is 10.1. The van der Waals surface area contributed by atoms with Crippen molar-refractivity contribution >= 4 is 43.7 Å². The number of fused-ring (bicyclic) bond motifs is 7. The number of aromatic hydroxyl groups is 1. The monoisotopic (exact) mass is 350 g/mol. The number of phenolic OH excluding ortho intramolecular Hbond substituents is 1.